The normalized spacial score (nSPS) is 50.1. The molecule has 0 heterocycles. The van der Waals surface area contributed by atoms with E-state index in [-0.39, 0.29) is 5.60 Å². The van der Waals surface area contributed by atoms with Crippen LogP contribution in [-0.2, 0) is 4.74 Å². The van der Waals surface area contributed by atoms with Crippen LogP contribution in [0.2, 0.25) is 0 Å². The van der Waals surface area contributed by atoms with Crippen LogP contribution in [0.4, 0.5) is 0 Å². The van der Waals surface area contributed by atoms with E-state index < -0.39 is 0 Å². The van der Waals surface area contributed by atoms with Crippen molar-refractivity contribution >= 4 is 0 Å². The van der Waals surface area contributed by atoms with Crippen LogP contribution in [0.3, 0.4) is 0 Å². The van der Waals surface area contributed by atoms with Crippen LogP contribution in [0.1, 0.15) is 65.7 Å². The monoisotopic (exact) mass is 279 g/mol. The van der Waals surface area contributed by atoms with Crippen LogP contribution >= 0.6 is 0 Å². The molecule has 0 spiro atoms. The van der Waals surface area contributed by atoms with Gasteiger partial charge in [0, 0.05) is 6.54 Å². The maximum Gasteiger partial charge on any atom is 0.0698 e. The highest BCUT2D eigenvalue weighted by atomic mass is 16.5. The van der Waals surface area contributed by atoms with Crippen molar-refractivity contribution in [3.05, 3.63) is 0 Å². The van der Waals surface area contributed by atoms with Crippen LogP contribution in [0.15, 0.2) is 0 Å². The largest absolute Gasteiger partial charge is 0.374 e. The zero-order valence-electron chi connectivity index (χ0n) is 14.2. The highest BCUT2D eigenvalue weighted by Gasteiger charge is 2.65. The number of rotatable bonds is 5. The molecule has 20 heavy (non-hydrogen) atoms. The first-order chi connectivity index (χ1) is 9.22. The van der Waals surface area contributed by atoms with Gasteiger partial charge in [-0.2, -0.15) is 0 Å². The summed E-state index contributed by atoms with van der Waals surface area (Å²) < 4.78 is 6.57. The van der Waals surface area contributed by atoms with Gasteiger partial charge in [-0.05, 0) is 68.9 Å². The molecule has 4 saturated carbocycles. The first-order valence-electron chi connectivity index (χ1n) is 8.51. The molecule has 0 aromatic rings. The quantitative estimate of drug-likeness (QED) is 0.751. The van der Waals surface area contributed by atoms with Gasteiger partial charge in [-0.25, -0.2) is 0 Å². The number of hydrogen-bond acceptors (Lipinski definition) is 2. The lowest BCUT2D eigenvalue weighted by molar-refractivity contribution is -0.245. The van der Waals surface area contributed by atoms with Gasteiger partial charge in [-0.3, -0.25) is 0 Å². The lowest BCUT2D eigenvalue weighted by Gasteiger charge is -2.69. The van der Waals surface area contributed by atoms with E-state index in [1.165, 1.54) is 44.9 Å². The molecule has 116 valence electrons. The average molecular weight is 279 g/mol. The van der Waals surface area contributed by atoms with Crippen LogP contribution in [-0.4, -0.2) is 37.7 Å². The third kappa shape index (κ3) is 2.43. The molecule has 4 aliphatic rings. The lowest BCUT2D eigenvalue weighted by atomic mass is 9.38. The number of ether oxygens (including phenoxy) is 1. The molecule has 4 bridgehead atoms. The van der Waals surface area contributed by atoms with E-state index in [1.54, 1.807) is 0 Å². The van der Waals surface area contributed by atoms with E-state index in [1.807, 2.05) is 0 Å². The van der Waals surface area contributed by atoms with E-state index in [0.717, 1.165) is 13.2 Å². The molecule has 4 atom stereocenters. The van der Waals surface area contributed by atoms with E-state index in [4.69, 9.17) is 4.74 Å². The summed E-state index contributed by atoms with van der Waals surface area (Å²) in [5.74, 6) is 0. The van der Waals surface area contributed by atoms with Crippen LogP contribution < -0.4 is 0 Å². The van der Waals surface area contributed by atoms with Crippen molar-refractivity contribution in [1.29, 1.82) is 0 Å². The predicted molar refractivity (Wildman–Crippen MR) is 83.9 cm³/mol. The maximum atomic E-state index is 6.57. The Morgan fingerprint density at radius 2 is 1.50 bits per heavy atom. The summed E-state index contributed by atoms with van der Waals surface area (Å²) in [7, 11) is 4.28. The summed E-state index contributed by atoms with van der Waals surface area (Å²) >= 11 is 0. The zero-order chi connectivity index (χ0) is 14.6. The van der Waals surface area contributed by atoms with E-state index >= 15 is 0 Å². The van der Waals surface area contributed by atoms with Crippen molar-refractivity contribution in [2.75, 3.05) is 27.2 Å². The van der Waals surface area contributed by atoms with Gasteiger partial charge in [0.25, 0.3) is 0 Å². The zero-order valence-corrected chi connectivity index (χ0v) is 14.2. The molecule has 2 nitrogen and oxygen atoms in total. The second-order valence-corrected chi connectivity index (χ2v) is 9.37. The molecule has 0 N–H and O–H groups in total. The van der Waals surface area contributed by atoms with Gasteiger partial charge in [0.1, 0.15) is 0 Å². The van der Waals surface area contributed by atoms with E-state index in [9.17, 15) is 0 Å². The molecular weight excluding hydrogens is 246 g/mol. The fraction of sp³-hybridized carbons (Fsp3) is 1.00. The fourth-order valence-corrected chi connectivity index (χ4v) is 6.80. The molecule has 2 unspecified atom stereocenters. The molecule has 0 radical (unpaired) electrons. The summed E-state index contributed by atoms with van der Waals surface area (Å²) in [5.41, 5.74) is 1.86. The molecule has 0 aliphatic heterocycles. The molecule has 0 saturated heterocycles. The number of hydrogen-bond donors (Lipinski definition) is 0. The minimum absolute atomic E-state index is 0.199. The fourth-order valence-electron chi connectivity index (χ4n) is 6.80. The van der Waals surface area contributed by atoms with Gasteiger partial charge in [0.2, 0.25) is 0 Å². The Bertz CT molecular complexity index is 371. The van der Waals surface area contributed by atoms with Crippen LogP contribution in [0, 0.1) is 16.2 Å². The first-order valence-corrected chi connectivity index (χ1v) is 8.51. The summed E-state index contributed by atoms with van der Waals surface area (Å²) in [6.07, 6.45) is 9.62. The molecule has 4 fully saturated rings. The lowest BCUT2D eigenvalue weighted by Crippen LogP contribution is -2.63. The van der Waals surface area contributed by atoms with Crippen LogP contribution in [0.25, 0.3) is 0 Å². The Balaban J connectivity index is 1.82. The van der Waals surface area contributed by atoms with Gasteiger partial charge in [-0.1, -0.05) is 27.2 Å². The summed E-state index contributed by atoms with van der Waals surface area (Å²) in [5, 5.41) is 0. The van der Waals surface area contributed by atoms with Gasteiger partial charge in [0.15, 0.2) is 0 Å². The van der Waals surface area contributed by atoms with Crippen molar-refractivity contribution in [1.82, 2.24) is 4.90 Å². The van der Waals surface area contributed by atoms with Crippen molar-refractivity contribution in [2.45, 2.75) is 71.3 Å². The molecule has 0 aromatic carbocycles. The minimum Gasteiger partial charge on any atom is -0.374 e. The highest BCUT2D eigenvalue weighted by Crippen LogP contribution is 2.72. The second-order valence-electron chi connectivity index (χ2n) is 9.37. The summed E-state index contributed by atoms with van der Waals surface area (Å²) in [6.45, 7) is 9.44. The summed E-state index contributed by atoms with van der Waals surface area (Å²) in [6, 6.07) is 0. The Labute approximate surface area is 125 Å². The molecule has 4 aliphatic carbocycles. The minimum atomic E-state index is 0.199. The molecule has 4 rings (SSSR count). The first kappa shape index (κ1) is 14.8. The molecule has 0 aromatic heterocycles. The van der Waals surface area contributed by atoms with E-state index in [2.05, 4.69) is 39.8 Å². The molecular formula is C18H33NO. The van der Waals surface area contributed by atoms with Crippen molar-refractivity contribution in [3.63, 3.8) is 0 Å². The molecule has 2 heteroatoms. The second kappa shape index (κ2) is 4.46. The van der Waals surface area contributed by atoms with Crippen molar-refractivity contribution in [3.8, 4) is 0 Å². The number of likely N-dealkylation sites (N-methyl/N-ethyl adjacent to an activating group) is 1. The third-order valence-electron chi connectivity index (χ3n) is 6.35. The van der Waals surface area contributed by atoms with Gasteiger partial charge in [0.05, 0.1) is 12.2 Å². The van der Waals surface area contributed by atoms with E-state index in [0.29, 0.717) is 16.2 Å². The van der Waals surface area contributed by atoms with Gasteiger partial charge < -0.3 is 9.64 Å². The Kier molecular flexibility index (Phi) is 3.31. The SMILES string of the molecule is CCC12CC3(OCCN(C)C)C[C@](C)(C1)C[C@](C)(C2)C3. The third-order valence-corrected chi connectivity index (χ3v) is 6.35. The summed E-state index contributed by atoms with van der Waals surface area (Å²) in [4.78, 5) is 2.24. The predicted octanol–water partition coefficient (Wildman–Crippen LogP) is 4.09. The Morgan fingerprint density at radius 1 is 0.900 bits per heavy atom. The van der Waals surface area contributed by atoms with Crippen LogP contribution in [0.5, 0.6) is 0 Å². The van der Waals surface area contributed by atoms with Gasteiger partial charge in [-0.15, -0.1) is 0 Å². The Morgan fingerprint density at radius 3 is 2.00 bits per heavy atom. The molecule has 0 amide bonds. The Hall–Kier alpha value is -0.0800. The van der Waals surface area contributed by atoms with Gasteiger partial charge >= 0.3 is 0 Å². The highest BCUT2D eigenvalue weighted by molar-refractivity contribution is 5.16. The topological polar surface area (TPSA) is 12.5 Å². The number of nitrogens with zero attached hydrogens (tertiary/aromatic N) is 1. The van der Waals surface area contributed by atoms with Crippen molar-refractivity contribution in [2.24, 2.45) is 16.2 Å². The smallest absolute Gasteiger partial charge is 0.0698 e. The maximum absolute atomic E-state index is 6.57. The standard InChI is InChI=1S/C18H33NO/c1-6-17-10-15(2)9-16(3,11-17)13-18(12-15,14-17)20-8-7-19(4)5/h6-14H2,1-5H3/t15-,16+,17?,18?. The average Bonchev–Trinajstić information content (AvgIpc) is 2.23. The van der Waals surface area contributed by atoms with Crippen molar-refractivity contribution < 1.29 is 4.74 Å².